The second-order valence-corrected chi connectivity index (χ2v) is 11.4. The number of methoxy groups -OCH3 is 3. The van der Waals surface area contributed by atoms with E-state index in [0.29, 0.717) is 25.0 Å². The largest absolute Gasteiger partial charge is 0.497 e. The molecule has 0 aromatic heterocycles. The summed E-state index contributed by atoms with van der Waals surface area (Å²) in [6.45, 7) is 9.18. The van der Waals surface area contributed by atoms with Crippen molar-refractivity contribution in [3.8, 4) is 11.5 Å². The molecule has 2 fully saturated rings. The maximum Gasteiger partial charge on any atom is 0.325 e. The van der Waals surface area contributed by atoms with E-state index in [-0.39, 0.29) is 17.0 Å². The summed E-state index contributed by atoms with van der Waals surface area (Å²) in [6.07, 6.45) is 13.1. The molecule has 2 atom stereocenters. The van der Waals surface area contributed by atoms with E-state index in [2.05, 4.69) is 71.1 Å². The number of allylic oxidation sites excluding steroid dienone is 4. The number of urea groups is 1. The summed E-state index contributed by atoms with van der Waals surface area (Å²) in [4.78, 5) is 20.6. The smallest absolute Gasteiger partial charge is 0.325 e. The van der Waals surface area contributed by atoms with Gasteiger partial charge in [-0.3, -0.25) is 9.80 Å². The van der Waals surface area contributed by atoms with E-state index in [0.717, 1.165) is 50.5 Å². The number of amides is 2. The van der Waals surface area contributed by atoms with E-state index < -0.39 is 0 Å². The molecule has 5 rings (SSSR count). The van der Waals surface area contributed by atoms with Crippen LogP contribution in [0.5, 0.6) is 11.5 Å². The predicted molar refractivity (Wildman–Crippen MR) is 145 cm³/mol. The Hall–Kier alpha value is -2.77. The number of benzene rings is 1. The number of nitrogens with zero attached hydrogens (tertiary/aromatic N) is 3. The number of carbonyl (C=O) groups excluding carboxylic acids is 1. The van der Waals surface area contributed by atoms with Crippen molar-refractivity contribution in [3.05, 3.63) is 59.8 Å². The van der Waals surface area contributed by atoms with Crippen LogP contribution in [-0.4, -0.2) is 80.4 Å². The first-order chi connectivity index (χ1) is 17.8. The first-order valence-electron chi connectivity index (χ1n) is 13.4. The van der Waals surface area contributed by atoms with Crippen molar-refractivity contribution in [3.63, 3.8) is 0 Å². The van der Waals surface area contributed by atoms with Gasteiger partial charge in [-0.1, -0.05) is 44.2 Å². The number of hydrogen-bond donors (Lipinski definition) is 0. The summed E-state index contributed by atoms with van der Waals surface area (Å²) in [5.74, 6) is 2.32. The van der Waals surface area contributed by atoms with Crippen molar-refractivity contribution in [2.45, 2.75) is 38.8 Å². The molecule has 0 bridgehead atoms. The molecule has 7 heteroatoms. The maximum atomic E-state index is 13.9. The average Bonchev–Trinajstić information content (AvgIpc) is 3.01. The molecule has 0 N–H and O–H groups in total. The normalized spacial score (nSPS) is 26.1. The molecule has 0 radical (unpaired) electrons. The summed E-state index contributed by atoms with van der Waals surface area (Å²) in [6, 6.07) is 6.20. The Morgan fingerprint density at radius 3 is 2.30 bits per heavy atom. The standard InChI is InChI=1S/C30H41N3O4/c1-29(2)19-27-30(10-12-31(13-11-30)20-22-16-24(36-4)18-25(17-22)37-5)33(14-15-35-3)28(34)32(27)21-23-8-6-7-9-26(23)29/h6-9,16-19,23,26H,10-15,20-21H2,1-5H3. The molecule has 3 heterocycles. The molecular formula is C30H41N3O4. The zero-order valence-electron chi connectivity index (χ0n) is 22.9. The molecule has 2 amide bonds. The number of likely N-dealkylation sites (tertiary alicyclic amines) is 1. The first kappa shape index (κ1) is 25.9. The van der Waals surface area contributed by atoms with Gasteiger partial charge in [0.15, 0.2) is 0 Å². The highest BCUT2D eigenvalue weighted by molar-refractivity contribution is 5.83. The second-order valence-electron chi connectivity index (χ2n) is 11.4. The molecule has 3 aliphatic heterocycles. The first-order valence-corrected chi connectivity index (χ1v) is 13.4. The van der Waals surface area contributed by atoms with E-state index >= 15 is 0 Å². The van der Waals surface area contributed by atoms with E-state index in [1.165, 1.54) is 11.3 Å². The minimum atomic E-state index is -0.295. The number of carbonyl (C=O) groups is 1. The topological polar surface area (TPSA) is 54.5 Å². The van der Waals surface area contributed by atoms with E-state index in [9.17, 15) is 4.79 Å². The van der Waals surface area contributed by atoms with Crippen LogP contribution in [0.15, 0.2) is 54.3 Å². The lowest BCUT2D eigenvalue weighted by Gasteiger charge is -2.45. The quantitative estimate of drug-likeness (QED) is 0.535. The average molecular weight is 508 g/mol. The van der Waals surface area contributed by atoms with Gasteiger partial charge in [-0.05, 0) is 41.9 Å². The summed E-state index contributed by atoms with van der Waals surface area (Å²) in [7, 11) is 5.08. The molecule has 0 saturated carbocycles. The summed E-state index contributed by atoms with van der Waals surface area (Å²) in [5.41, 5.74) is 2.04. The molecule has 7 nitrogen and oxygen atoms in total. The van der Waals surface area contributed by atoms with Gasteiger partial charge in [-0.25, -0.2) is 4.79 Å². The lowest BCUT2D eigenvalue weighted by atomic mass is 9.69. The van der Waals surface area contributed by atoms with Crippen LogP contribution < -0.4 is 9.47 Å². The highest BCUT2D eigenvalue weighted by Crippen LogP contribution is 2.50. The van der Waals surface area contributed by atoms with Gasteiger partial charge in [0.1, 0.15) is 11.5 Å². The number of fused-ring (bicyclic) bond motifs is 3. The number of piperidine rings is 1. The predicted octanol–water partition coefficient (Wildman–Crippen LogP) is 4.70. The van der Waals surface area contributed by atoms with Crippen LogP contribution >= 0.6 is 0 Å². The van der Waals surface area contributed by atoms with Crippen LogP contribution in [0, 0.1) is 17.3 Å². The summed E-state index contributed by atoms with van der Waals surface area (Å²) in [5, 5.41) is 0. The van der Waals surface area contributed by atoms with Crippen LogP contribution in [0.25, 0.3) is 0 Å². The fourth-order valence-electron chi connectivity index (χ4n) is 6.81. The summed E-state index contributed by atoms with van der Waals surface area (Å²) >= 11 is 0. The second kappa shape index (κ2) is 10.2. The Morgan fingerprint density at radius 2 is 1.65 bits per heavy atom. The van der Waals surface area contributed by atoms with Crippen LogP contribution in [0.3, 0.4) is 0 Å². The third-order valence-corrected chi connectivity index (χ3v) is 8.78. The molecule has 1 spiro atoms. The molecule has 37 heavy (non-hydrogen) atoms. The Bertz CT molecular complexity index is 1080. The third kappa shape index (κ3) is 4.68. The van der Waals surface area contributed by atoms with Gasteiger partial charge >= 0.3 is 6.03 Å². The lowest BCUT2D eigenvalue weighted by Crippen LogP contribution is -2.54. The van der Waals surface area contributed by atoms with Crippen molar-refractivity contribution in [2.75, 3.05) is 54.1 Å². The zero-order chi connectivity index (χ0) is 26.2. The molecule has 2 unspecified atom stereocenters. The Kier molecular flexibility index (Phi) is 7.12. The summed E-state index contributed by atoms with van der Waals surface area (Å²) < 4.78 is 16.4. The maximum absolute atomic E-state index is 13.9. The minimum Gasteiger partial charge on any atom is -0.497 e. The van der Waals surface area contributed by atoms with Gasteiger partial charge in [0, 0.05) is 57.5 Å². The van der Waals surface area contributed by atoms with Crippen molar-refractivity contribution in [1.29, 1.82) is 0 Å². The molecule has 2 saturated heterocycles. The van der Waals surface area contributed by atoms with Crippen LogP contribution in [0.2, 0.25) is 0 Å². The van der Waals surface area contributed by atoms with Crippen molar-refractivity contribution < 1.29 is 19.0 Å². The van der Waals surface area contributed by atoms with E-state index in [1.807, 2.05) is 6.07 Å². The number of rotatable bonds is 7. The van der Waals surface area contributed by atoms with Gasteiger partial charge in [-0.2, -0.15) is 0 Å². The van der Waals surface area contributed by atoms with E-state index in [1.54, 1.807) is 21.3 Å². The van der Waals surface area contributed by atoms with Gasteiger partial charge in [0.25, 0.3) is 0 Å². The molecule has 1 aliphatic carbocycles. The molecule has 200 valence electrons. The van der Waals surface area contributed by atoms with Crippen molar-refractivity contribution in [2.24, 2.45) is 17.3 Å². The minimum absolute atomic E-state index is 0.0468. The SMILES string of the molecule is COCCN1C(=O)N2CC3C=CC=CC3C(C)(C)C=C2C12CCN(Cc1cc(OC)cc(OC)c1)CC2. The molecular weight excluding hydrogens is 466 g/mol. The molecule has 1 aromatic rings. The fourth-order valence-corrected chi connectivity index (χ4v) is 6.81. The van der Waals surface area contributed by atoms with Crippen LogP contribution in [0.4, 0.5) is 4.79 Å². The van der Waals surface area contributed by atoms with Crippen LogP contribution in [-0.2, 0) is 11.3 Å². The highest BCUT2D eigenvalue weighted by atomic mass is 16.5. The number of hydrogen-bond acceptors (Lipinski definition) is 5. The van der Waals surface area contributed by atoms with Crippen LogP contribution in [0.1, 0.15) is 32.3 Å². The van der Waals surface area contributed by atoms with Gasteiger partial charge in [0.05, 0.1) is 26.4 Å². The Morgan fingerprint density at radius 1 is 0.973 bits per heavy atom. The fraction of sp³-hybridized carbons (Fsp3) is 0.567. The molecule has 4 aliphatic rings. The van der Waals surface area contributed by atoms with Gasteiger partial charge in [0.2, 0.25) is 0 Å². The van der Waals surface area contributed by atoms with Gasteiger partial charge in [-0.15, -0.1) is 0 Å². The number of ether oxygens (including phenoxy) is 3. The monoisotopic (exact) mass is 507 g/mol. The lowest BCUT2D eigenvalue weighted by molar-refractivity contribution is 0.0661. The van der Waals surface area contributed by atoms with Crippen molar-refractivity contribution in [1.82, 2.24) is 14.7 Å². The van der Waals surface area contributed by atoms with Crippen molar-refractivity contribution >= 4 is 6.03 Å². The Labute approximate surface area is 221 Å². The molecule has 1 aromatic carbocycles. The van der Waals surface area contributed by atoms with Gasteiger partial charge < -0.3 is 19.1 Å². The zero-order valence-corrected chi connectivity index (χ0v) is 22.9. The third-order valence-electron chi connectivity index (χ3n) is 8.78. The Balaban J connectivity index is 1.43. The highest BCUT2D eigenvalue weighted by Gasteiger charge is 2.56. The van der Waals surface area contributed by atoms with E-state index in [4.69, 9.17) is 14.2 Å².